The first-order chi connectivity index (χ1) is 26.3. The van der Waals surface area contributed by atoms with Gasteiger partial charge in [0.05, 0.1) is 0 Å². The average Bonchev–Trinajstić information content (AvgIpc) is 3.25. The first-order valence-corrected chi connectivity index (χ1v) is 17.2. The molecule has 0 N–H and O–H groups in total. The summed E-state index contributed by atoms with van der Waals surface area (Å²) in [6, 6.07) is 49.2. The number of carbonyl (C=O) groups is 6. The predicted octanol–water partition coefficient (Wildman–Crippen LogP) is 9.07. The van der Waals surface area contributed by atoms with Crippen molar-refractivity contribution in [3.63, 3.8) is 0 Å². The molecule has 6 nitrogen and oxygen atoms in total. The van der Waals surface area contributed by atoms with Crippen LogP contribution in [-0.4, -0.2) is 34.7 Å². The molecule has 54 heavy (non-hydrogen) atoms. The first kappa shape index (κ1) is 35.0. The molecule has 0 aliphatic heterocycles. The Morgan fingerprint density at radius 1 is 0.185 bits per heavy atom. The van der Waals surface area contributed by atoms with Gasteiger partial charge in [0, 0.05) is 66.8 Å². The van der Waals surface area contributed by atoms with E-state index >= 15 is 0 Å². The Hall–Kier alpha value is -7.44. The van der Waals surface area contributed by atoms with Gasteiger partial charge in [-0.3, -0.25) is 28.8 Å². The van der Waals surface area contributed by atoms with Gasteiger partial charge in [-0.2, -0.15) is 0 Å². The van der Waals surface area contributed by atoms with Crippen molar-refractivity contribution in [2.24, 2.45) is 0 Å². The molecule has 0 heterocycles. The molecular formula is C48H30O6. The van der Waals surface area contributed by atoms with Crippen molar-refractivity contribution in [1.29, 1.82) is 0 Å². The maximum atomic E-state index is 14.2. The minimum atomic E-state index is -0.512. The van der Waals surface area contributed by atoms with Crippen LogP contribution in [0.5, 0.6) is 0 Å². The van der Waals surface area contributed by atoms with Gasteiger partial charge >= 0.3 is 0 Å². The Morgan fingerprint density at radius 3 is 0.574 bits per heavy atom. The van der Waals surface area contributed by atoms with Gasteiger partial charge in [-0.15, -0.1) is 0 Å². The van der Waals surface area contributed by atoms with E-state index in [0.29, 0.717) is 33.4 Å². The third-order valence-electron chi connectivity index (χ3n) is 8.99. The van der Waals surface area contributed by atoms with Crippen LogP contribution < -0.4 is 0 Å². The molecule has 0 aliphatic carbocycles. The van der Waals surface area contributed by atoms with Gasteiger partial charge < -0.3 is 0 Å². The topological polar surface area (TPSA) is 102 Å². The summed E-state index contributed by atoms with van der Waals surface area (Å²) in [5.41, 5.74) is 2.98. The summed E-state index contributed by atoms with van der Waals surface area (Å²) in [4.78, 5) is 82.2. The van der Waals surface area contributed by atoms with E-state index in [-0.39, 0.29) is 50.7 Å². The van der Waals surface area contributed by atoms with E-state index in [0.717, 1.165) is 0 Å². The highest BCUT2D eigenvalue weighted by Gasteiger charge is 2.22. The Morgan fingerprint density at radius 2 is 0.352 bits per heavy atom. The summed E-state index contributed by atoms with van der Waals surface area (Å²) in [7, 11) is 0. The van der Waals surface area contributed by atoms with E-state index in [1.165, 1.54) is 36.4 Å². The van der Waals surface area contributed by atoms with Gasteiger partial charge in [0.1, 0.15) is 0 Å². The van der Waals surface area contributed by atoms with Crippen LogP contribution in [0.4, 0.5) is 0 Å². The smallest absolute Gasteiger partial charge is 0.193 e. The third-order valence-corrected chi connectivity index (χ3v) is 8.99. The van der Waals surface area contributed by atoms with Crippen LogP contribution in [0.15, 0.2) is 182 Å². The number of hydrogen-bond acceptors (Lipinski definition) is 6. The summed E-state index contributed by atoms with van der Waals surface area (Å²) in [5, 5.41) is 0. The van der Waals surface area contributed by atoms with E-state index in [2.05, 4.69) is 0 Å². The maximum Gasteiger partial charge on any atom is 0.193 e. The van der Waals surface area contributed by atoms with E-state index in [9.17, 15) is 28.8 Å². The monoisotopic (exact) mass is 702 g/mol. The Labute approximate surface area is 311 Å². The van der Waals surface area contributed by atoms with Gasteiger partial charge in [-0.25, -0.2) is 0 Å². The lowest BCUT2D eigenvalue weighted by molar-refractivity contribution is 0.102. The van der Waals surface area contributed by atoms with Crippen molar-refractivity contribution in [3.8, 4) is 0 Å². The van der Waals surface area contributed by atoms with Crippen molar-refractivity contribution >= 4 is 34.7 Å². The van der Waals surface area contributed by atoms with Gasteiger partial charge in [-0.1, -0.05) is 146 Å². The van der Waals surface area contributed by atoms with Crippen molar-refractivity contribution in [2.45, 2.75) is 0 Å². The number of rotatable bonds is 12. The second kappa shape index (κ2) is 15.4. The SMILES string of the molecule is O=C(c1ccccc1)c1cccc(C(=O)c2cc(C(=O)c3cccc(C(=O)c4ccccc4)c3)cc(C(=O)c3cccc(C(=O)c4ccccc4)c3)c2)c1. The van der Waals surface area contributed by atoms with Gasteiger partial charge in [0.15, 0.2) is 34.7 Å². The molecule has 0 unspecified atom stereocenters. The molecule has 0 saturated carbocycles. The third kappa shape index (κ3) is 7.45. The quantitative estimate of drug-likeness (QED) is 0.118. The summed E-state index contributed by atoms with van der Waals surface area (Å²) < 4.78 is 0. The number of benzene rings is 7. The molecule has 0 aromatic heterocycles. The molecule has 0 radical (unpaired) electrons. The molecule has 0 fully saturated rings. The zero-order valence-corrected chi connectivity index (χ0v) is 28.8. The second-order valence-corrected chi connectivity index (χ2v) is 12.6. The van der Waals surface area contributed by atoms with Crippen LogP contribution in [0.25, 0.3) is 0 Å². The molecule has 0 amide bonds. The largest absolute Gasteiger partial charge is 0.289 e. The lowest BCUT2D eigenvalue weighted by Crippen LogP contribution is -2.12. The highest BCUT2D eigenvalue weighted by atomic mass is 16.1. The minimum absolute atomic E-state index is 0.0431. The molecule has 0 atom stereocenters. The van der Waals surface area contributed by atoms with Crippen LogP contribution in [0.3, 0.4) is 0 Å². The van der Waals surface area contributed by atoms with Gasteiger partial charge in [-0.05, 0) is 36.4 Å². The summed E-state index contributed by atoms with van der Waals surface area (Å²) >= 11 is 0. The Balaban J connectivity index is 1.28. The fourth-order valence-corrected chi connectivity index (χ4v) is 6.19. The minimum Gasteiger partial charge on any atom is -0.289 e. The molecule has 6 heteroatoms. The lowest BCUT2D eigenvalue weighted by atomic mass is 9.90. The van der Waals surface area contributed by atoms with Crippen LogP contribution in [-0.2, 0) is 0 Å². The van der Waals surface area contributed by atoms with Crippen molar-refractivity contribution in [3.05, 3.63) is 249 Å². The zero-order valence-electron chi connectivity index (χ0n) is 28.8. The molecule has 7 aromatic carbocycles. The van der Waals surface area contributed by atoms with Crippen LogP contribution in [0, 0.1) is 0 Å². The molecule has 0 bridgehead atoms. The molecule has 0 spiro atoms. The van der Waals surface area contributed by atoms with Gasteiger partial charge in [0.25, 0.3) is 0 Å². The Kier molecular flexibility index (Phi) is 10.00. The summed E-state index contributed by atoms with van der Waals surface area (Å²) in [6.45, 7) is 0. The standard InChI is InChI=1S/C48H30O6/c49-43(31-13-4-1-5-14-31)34-19-10-22-37(25-34)46(52)40-28-41(47(53)38-23-11-20-35(26-38)44(50)32-15-6-2-7-16-32)30-42(29-40)48(54)39-24-12-21-36(27-39)45(51)33-17-8-3-9-18-33/h1-30H. The number of hydrogen-bond donors (Lipinski definition) is 0. The van der Waals surface area contributed by atoms with E-state index in [1.54, 1.807) is 146 Å². The molecular weight excluding hydrogens is 673 g/mol. The van der Waals surface area contributed by atoms with Crippen LogP contribution >= 0.6 is 0 Å². The normalized spacial score (nSPS) is 10.7. The van der Waals surface area contributed by atoms with E-state index in [4.69, 9.17) is 0 Å². The fraction of sp³-hybridized carbons (Fsp3) is 0. The Bertz CT molecular complexity index is 2290. The molecule has 7 aromatic rings. The molecule has 258 valence electrons. The molecule has 0 aliphatic rings. The van der Waals surface area contributed by atoms with Crippen LogP contribution in [0.2, 0.25) is 0 Å². The highest BCUT2D eigenvalue weighted by Crippen LogP contribution is 2.24. The average molecular weight is 703 g/mol. The zero-order chi connectivity index (χ0) is 37.6. The van der Waals surface area contributed by atoms with E-state index in [1.807, 2.05) is 0 Å². The van der Waals surface area contributed by atoms with Crippen LogP contribution in [0.1, 0.15) is 95.5 Å². The molecule has 7 rings (SSSR count). The number of carbonyl (C=O) groups excluding carboxylic acids is 6. The van der Waals surface area contributed by atoms with Crippen molar-refractivity contribution in [1.82, 2.24) is 0 Å². The fourth-order valence-electron chi connectivity index (χ4n) is 6.19. The van der Waals surface area contributed by atoms with E-state index < -0.39 is 17.3 Å². The lowest BCUT2D eigenvalue weighted by Gasteiger charge is -2.11. The van der Waals surface area contributed by atoms with Crippen molar-refractivity contribution < 1.29 is 28.8 Å². The van der Waals surface area contributed by atoms with Gasteiger partial charge in [0.2, 0.25) is 0 Å². The van der Waals surface area contributed by atoms with Crippen molar-refractivity contribution in [2.75, 3.05) is 0 Å². The summed E-state index contributed by atoms with van der Waals surface area (Å²) in [5.74, 6) is -2.33. The molecule has 0 saturated heterocycles. The maximum absolute atomic E-state index is 14.2. The number of ketones is 6. The highest BCUT2D eigenvalue weighted by molar-refractivity contribution is 6.19. The second-order valence-electron chi connectivity index (χ2n) is 12.6. The summed E-state index contributed by atoms with van der Waals surface area (Å²) in [6.07, 6.45) is 0. The predicted molar refractivity (Wildman–Crippen MR) is 206 cm³/mol. The first-order valence-electron chi connectivity index (χ1n) is 17.2.